The molecule has 0 saturated carbocycles. The van der Waals surface area contributed by atoms with E-state index in [1.807, 2.05) is 49.4 Å². The molecule has 2 amide bonds. The maximum atomic E-state index is 12.8. The molecule has 1 atom stereocenters. The molecule has 184 valence electrons. The van der Waals surface area contributed by atoms with Crippen molar-refractivity contribution in [3.8, 4) is 22.6 Å². The highest BCUT2D eigenvalue weighted by atomic mass is 16.5. The fraction of sp³-hybridized carbons (Fsp3) is 0.269. The number of nitrogens with zero attached hydrogens (tertiary/aromatic N) is 1. The van der Waals surface area contributed by atoms with Crippen LogP contribution in [-0.2, 0) is 16.6 Å². The van der Waals surface area contributed by atoms with E-state index < -0.39 is 23.6 Å². The van der Waals surface area contributed by atoms with Crippen LogP contribution >= 0.6 is 0 Å². The van der Waals surface area contributed by atoms with Gasteiger partial charge in [-0.3, -0.25) is 9.59 Å². The van der Waals surface area contributed by atoms with Crippen LogP contribution in [0.5, 0.6) is 11.5 Å². The lowest BCUT2D eigenvalue weighted by atomic mass is 9.94. The highest BCUT2D eigenvalue weighted by Gasteiger charge is 2.22. The monoisotopic (exact) mass is 479 g/mol. The third kappa shape index (κ3) is 6.20. The molecule has 0 fully saturated rings. The van der Waals surface area contributed by atoms with Crippen LogP contribution in [0.1, 0.15) is 30.5 Å². The van der Waals surface area contributed by atoms with Crippen molar-refractivity contribution in [3.63, 3.8) is 0 Å². The Kier molecular flexibility index (Phi) is 8.14. The van der Waals surface area contributed by atoms with Crippen molar-refractivity contribution in [3.05, 3.63) is 76.2 Å². The minimum absolute atomic E-state index is 0.124. The molecule has 9 nitrogen and oxygen atoms in total. The molecule has 1 aromatic heterocycles. The van der Waals surface area contributed by atoms with Crippen LogP contribution in [0.3, 0.4) is 0 Å². The molecule has 2 aromatic carbocycles. The first-order valence-electron chi connectivity index (χ1n) is 11.1. The van der Waals surface area contributed by atoms with Gasteiger partial charge in [0, 0.05) is 13.2 Å². The number of aromatic nitrogens is 1. The smallest absolute Gasteiger partial charge is 0.319 e. The van der Waals surface area contributed by atoms with E-state index in [1.54, 1.807) is 14.0 Å². The second kappa shape index (κ2) is 11.2. The largest absolute Gasteiger partial charge is 0.505 e. The lowest BCUT2D eigenvalue weighted by molar-refractivity contribution is -0.143. The van der Waals surface area contributed by atoms with E-state index in [0.717, 1.165) is 16.7 Å². The summed E-state index contributed by atoms with van der Waals surface area (Å²) in [5.74, 6) is -0.141. The third-order valence-corrected chi connectivity index (χ3v) is 5.51. The fourth-order valence-corrected chi connectivity index (χ4v) is 3.64. The zero-order valence-corrected chi connectivity index (χ0v) is 20.1. The van der Waals surface area contributed by atoms with Gasteiger partial charge in [0.05, 0.1) is 26.2 Å². The maximum Gasteiger partial charge on any atom is 0.319 e. The van der Waals surface area contributed by atoms with Crippen molar-refractivity contribution in [1.82, 2.24) is 9.88 Å². The molecular formula is C26H29N3O6. The Labute approximate surface area is 203 Å². The predicted octanol–water partition coefficient (Wildman–Crippen LogP) is 3.89. The molecule has 0 aliphatic carbocycles. The van der Waals surface area contributed by atoms with Crippen molar-refractivity contribution in [2.75, 3.05) is 19.0 Å². The highest BCUT2D eigenvalue weighted by molar-refractivity contribution is 5.91. The van der Waals surface area contributed by atoms with E-state index in [-0.39, 0.29) is 24.5 Å². The van der Waals surface area contributed by atoms with E-state index >= 15 is 0 Å². The van der Waals surface area contributed by atoms with Gasteiger partial charge in [-0.2, -0.15) is 0 Å². The molecule has 0 unspecified atom stereocenters. The molecular weight excluding hydrogens is 450 g/mol. The van der Waals surface area contributed by atoms with Gasteiger partial charge in [0.2, 0.25) is 0 Å². The summed E-state index contributed by atoms with van der Waals surface area (Å²) in [7, 11) is 3.10. The van der Waals surface area contributed by atoms with Gasteiger partial charge in [0.25, 0.3) is 5.56 Å². The number of nitrogens with one attached hydrogen (secondary N) is 2. The lowest BCUT2D eigenvalue weighted by Gasteiger charge is -2.21. The number of aryl methyl sites for hydroxylation is 2. The summed E-state index contributed by atoms with van der Waals surface area (Å²) in [6.07, 6.45) is 1.26. The van der Waals surface area contributed by atoms with E-state index in [1.165, 1.54) is 23.9 Å². The molecule has 0 spiro atoms. The third-order valence-electron chi connectivity index (χ3n) is 5.51. The summed E-state index contributed by atoms with van der Waals surface area (Å²) in [5.41, 5.74) is 2.66. The number of esters is 1. The summed E-state index contributed by atoms with van der Waals surface area (Å²) in [6.45, 7) is 3.87. The Morgan fingerprint density at radius 3 is 2.63 bits per heavy atom. The zero-order valence-electron chi connectivity index (χ0n) is 20.1. The molecule has 1 heterocycles. The Morgan fingerprint density at radius 2 is 1.91 bits per heavy atom. The van der Waals surface area contributed by atoms with Crippen LogP contribution in [0.25, 0.3) is 11.1 Å². The van der Waals surface area contributed by atoms with Gasteiger partial charge in [0.15, 0.2) is 5.69 Å². The van der Waals surface area contributed by atoms with Gasteiger partial charge >= 0.3 is 12.0 Å². The van der Waals surface area contributed by atoms with E-state index in [0.29, 0.717) is 11.3 Å². The van der Waals surface area contributed by atoms with E-state index in [4.69, 9.17) is 9.47 Å². The standard InChI is InChI=1S/C26H29N3O6/c1-5-35-23(31)15-21(27-26(33)28-24-22(30)11-12-29(3)25(24)32)18-10-9-16(2)20(14-18)17-7-6-8-19(13-17)34-4/h6-14,21,30H,5,15H2,1-4H3,(H2,27,28,33)/t21-/m0/s1. The van der Waals surface area contributed by atoms with E-state index in [2.05, 4.69) is 10.6 Å². The molecule has 35 heavy (non-hydrogen) atoms. The van der Waals surface area contributed by atoms with Crippen LogP contribution < -0.4 is 20.9 Å². The number of hydrogen-bond acceptors (Lipinski definition) is 6. The number of ether oxygens (including phenoxy) is 2. The van der Waals surface area contributed by atoms with Gasteiger partial charge < -0.3 is 29.8 Å². The molecule has 3 aromatic rings. The molecule has 0 saturated heterocycles. The Hall–Kier alpha value is -4.27. The minimum Gasteiger partial charge on any atom is -0.505 e. The van der Waals surface area contributed by atoms with Crippen LogP contribution in [0.2, 0.25) is 0 Å². The minimum atomic E-state index is -0.756. The fourth-order valence-electron chi connectivity index (χ4n) is 3.64. The first kappa shape index (κ1) is 25.4. The van der Waals surface area contributed by atoms with Gasteiger partial charge in [0.1, 0.15) is 11.5 Å². The highest BCUT2D eigenvalue weighted by Crippen LogP contribution is 2.30. The molecule has 0 radical (unpaired) electrons. The molecule has 0 aliphatic heterocycles. The first-order valence-corrected chi connectivity index (χ1v) is 11.1. The average molecular weight is 480 g/mol. The van der Waals surface area contributed by atoms with E-state index in [9.17, 15) is 19.5 Å². The van der Waals surface area contributed by atoms with Crippen LogP contribution in [0.4, 0.5) is 10.5 Å². The van der Waals surface area contributed by atoms with Crippen molar-refractivity contribution in [1.29, 1.82) is 0 Å². The number of benzene rings is 2. The lowest BCUT2D eigenvalue weighted by Crippen LogP contribution is -2.36. The molecule has 3 N–H and O–H groups in total. The number of hydrogen-bond donors (Lipinski definition) is 3. The number of urea groups is 1. The number of aromatic hydroxyl groups is 1. The number of methoxy groups -OCH3 is 1. The zero-order chi connectivity index (χ0) is 25.5. The molecule has 3 rings (SSSR count). The number of carbonyl (C=O) groups is 2. The van der Waals surface area contributed by atoms with Crippen LogP contribution in [0, 0.1) is 6.92 Å². The van der Waals surface area contributed by atoms with Gasteiger partial charge in [-0.1, -0.05) is 24.3 Å². The van der Waals surface area contributed by atoms with Crippen molar-refractivity contribution < 1.29 is 24.2 Å². The maximum absolute atomic E-state index is 12.8. The number of rotatable bonds is 8. The SMILES string of the molecule is CCOC(=O)C[C@H](NC(=O)Nc1c(O)ccn(C)c1=O)c1ccc(C)c(-c2cccc(OC)c2)c1. The average Bonchev–Trinajstić information content (AvgIpc) is 2.84. The summed E-state index contributed by atoms with van der Waals surface area (Å²) in [5, 5.41) is 15.2. The summed E-state index contributed by atoms with van der Waals surface area (Å²) >= 11 is 0. The number of amides is 2. The van der Waals surface area contributed by atoms with Crippen LogP contribution in [-0.4, -0.2) is 35.4 Å². The van der Waals surface area contributed by atoms with Crippen molar-refractivity contribution in [2.24, 2.45) is 7.05 Å². The summed E-state index contributed by atoms with van der Waals surface area (Å²) in [6, 6.07) is 13.0. The van der Waals surface area contributed by atoms with Gasteiger partial charge in [-0.25, -0.2) is 4.79 Å². The Bertz CT molecular complexity index is 1280. The number of pyridine rings is 1. The normalized spacial score (nSPS) is 11.4. The Balaban J connectivity index is 1.94. The predicted molar refractivity (Wildman–Crippen MR) is 133 cm³/mol. The summed E-state index contributed by atoms with van der Waals surface area (Å²) in [4.78, 5) is 37.4. The van der Waals surface area contributed by atoms with Crippen LogP contribution in [0.15, 0.2) is 59.5 Å². The second-order valence-corrected chi connectivity index (χ2v) is 7.96. The number of anilines is 1. The quantitative estimate of drug-likeness (QED) is 0.422. The first-order chi connectivity index (χ1) is 16.7. The number of carbonyl (C=O) groups excluding carboxylic acids is 2. The van der Waals surface area contributed by atoms with Gasteiger partial charge in [-0.05, 0) is 60.4 Å². The van der Waals surface area contributed by atoms with Crippen molar-refractivity contribution >= 4 is 17.7 Å². The molecule has 0 aliphatic rings. The molecule has 9 heteroatoms. The molecule has 0 bridgehead atoms. The topological polar surface area (TPSA) is 119 Å². The van der Waals surface area contributed by atoms with Crippen molar-refractivity contribution in [2.45, 2.75) is 26.3 Å². The Morgan fingerprint density at radius 1 is 1.14 bits per heavy atom. The summed E-state index contributed by atoms with van der Waals surface area (Å²) < 4.78 is 11.7. The van der Waals surface area contributed by atoms with Gasteiger partial charge in [-0.15, -0.1) is 0 Å². The second-order valence-electron chi connectivity index (χ2n) is 7.96.